The molecule has 0 amide bonds. The zero-order chi connectivity index (χ0) is 13.4. The van der Waals surface area contributed by atoms with Gasteiger partial charge in [0.05, 0.1) is 6.16 Å². The number of carbonyl (C=O) groups excluding carboxylic acids is 1. The summed E-state index contributed by atoms with van der Waals surface area (Å²) in [5.41, 5.74) is 1.01. The third-order valence-electron chi connectivity index (χ3n) is 3.30. The van der Waals surface area contributed by atoms with Gasteiger partial charge in [-0.05, 0) is 31.3 Å². The lowest BCUT2D eigenvalue weighted by Crippen LogP contribution is -1.97. The highest BCUT2D eigenvalue weighted by Crippen LogP contribution is 2.47. The topological polar surface area (TPSA) is 52.6 Å². The molecule has 0 bridgehead atoms. The van der Waals surface area contributed by atoms with Crippen LogP contribution in [0.5, 0.6) is 0 Å². The average molecular weight is 274 g/mol. The van der Waals surface area contributed by atoms with Crippen molar-refractivity contribution in [3.63, 3.8) is 0 Å². The maximum Gasteiger partial charge on any atom is 0.330 e. The maximum atomic E-state index is 11.7. The fourth-order valence-corrected chi connectivity index (χ4v) is 3.25. The van der Waals surface area contributed by atoms with Crippen LogP contribution < -0.4 is 0 Å². The van der Waals surface area contributed by atoms with Gasteiger partial charge in [-0.3, -0.25) is 9.36 Å². The van der Waals surface area contributed by atoms with Crippen LogP contribution in [0.4, 0.5) is 0 Å². The van der Waals surface area contributed by atoms with Crippen LogP contribution in [0.3, 0.4) is 0 Å². The molecule has 0 saturated heterocycles. The SMILES string of the molecule is COP(=O)(CCCCCCC1=CCCC1=O)OC. The Hall–Kier alpha value is -0.440. The number of Topliss-reactive ketones (excluding diaryl/α,β-unsaturated/α-hetero) is 1. The van der Waals surface area contributed by atoms with Gasteiger partial charge < -0.3 is 9.05 Å². The summed E-state index contributed by atoms with van der Waals surface area (Å²) < 4.78 is 21.5. The molecule has 0 fully saturated rings. The van der Waals surface area contributed by atoms with E-state index in [0.29, 0.717) is 18.4 Å². The molecule has 0 saturated carbocycles. The number of ketones is 1. The first-order valence-electron chi connectivity index (χ1n) is 6.54. The summed E-state index contributed by atoms with van der Waals surface area (Å²) in [6.45, 7) is 0. The molecule has 0 N–H and O–H groups in total. The Morgan fingerprint density at radius 2 is 1.83 bits per heavy atom. The summed E-state index contributed by atoms with van der Waals surface area (Å²) in [5, 5.41) is 0. The van der Waals surface area contributed by atoms with Gasteiger partial charge in [-0.25, -0.2) is 0 Å². The van der Waals surface area contributed by atoms with Crippen LogP contribution >= 0.6 is 7.60 Å². The van der Waals surface area contributed by atoms with Crippen molar-refractivity contribution in [2.24, 2.45) is 0 Å². The van der Waals surface area contributed by atoms with Gasteiger partial charge in [0, 0.05) is 20.6 Å². The number of hydrogen-bond donors (Lipinski definition) is 0. The summed E-state index contributed by atoms with van der Waals surface area (Å²) in [7, 11) is 0.0124. The molecule has 0 aromatic rings. The lowest BCUT2D eigenvalue weighted by atomic mass is 10.1. The molecule has 0 heterocycles. The molecule has 1 aliphatic rings. The Bertz CT molecular complexity index is 341. The second kappa shape index (κ2) is 7.88. The van der Waals surface area contributed by atoms with E-state index in [1.54, 1.807) is 0 Å². The van der Waals surface area contributed by atoms with Crippen LogP contribution in [0.1, 0.15) is 44.9 Å². The first-order chi connectivity index (χ1) is 8.61. The van der Waals surface area contributed by atoms with E-state index in [4.69, 9.17) is 9.05 Å². The fourth-order valence-electron chi connectivity index (χ4n) is 2.12. The van der Waals surface area contributed by atoms with Crippen molar-refractivity contribution in [3.8, 4) is 0 Å². The van der Waals surface area contributed by atoms with Crippen LogP contribution in [-0.2, 0) is 18.4 Å². The van der Waals surface area contributed by atoms with E-state index in [9.17, 15) is 9.36 Å². The minimum absolute atomic E-state index is 0.318. The molecule has 1 rings (SSSR count). The van der Waals surface area contributed by atoms with Gasteiger partial charge >= 0.3 is 7.60 Å². The molecular formula is C13H23O4P. The third kappa shape index (κ3) is 5.05. The Balaban J connectivity index is 2.06. The summed E-state index contributed by atoms with van der Waals surface area (Å²) in [6.07, 6.45) is 8.96. The number of hydrogen-bond acceptors (Lipinski definition) is 4. The van der Waals surface area contributed by atoms with E-state index < -0.39 is 7.60 Å². The van der Waals surface area contributed by atoms with E-state index in [0.717, 1.165) is 44.1 Å². The monoisotopic (exact) mass is 274 g/mol. The minimum atomic E-state index is -2.83. The maximum absolute atomic E-state index is 11.7. The molecular weight excluding hydrogens is 251 g/mol. The summed E-state index contributed by atoms with van der Waals surface area (Å²) in [5.74, 6) is 0.318. The Morgan fingerprint density at radius 3 is 2.39 bits per heavy atom. The normalized spacial score (nSPS) is 16.1. The average Bonchev–Trinajstić information content (AvgIpc) is 2.79. The fraction of sp³-hybridized carbons (Fsp3) is 0.769. The molecule has 1 aliphatic carbocycles. The Kier molecular flexibility index (Phi) is 6.83. The van der Waals surface area contributed by atoms with Crippen molar-refractivity contribution < 1.29 is 18.4 Å². The molecule has 104 valence electrons. The predicted molar refractivity (Wildman–Crippen MR) is 71.9 cm³/mol. The van der Waals surface area contributed by atoms with Crippen LogP contribution in [0.2, 0.25) is 0 Å². The van der Waals surface area contributed by atoms with Crippen LogP contribution in [0, 0.1) is 0 Å². The number of allylic oxidation sites excluding steroid dienone is 2. The largest absolute Gasteiger partial charge is 0.330 e. The number of carbonyl (C=O) groups is 1. The minimum Gasteiger partial charge on any atom is -0.312 e. The Labute approximate surface area is 109 Å². The van der Waals surface area contributed by atoms with E-state index in [2.05, 4.69) is 6.08 Å². The number of unbranched alkanes of at least 4 members (excludes halogenated alkanes) is 3. The molecule has 0 spiro atoms. The number of rotatable bonds is 9. The van der Waals surface area contributed by atoms with Crippen molar-refractivity contribution in [2.75, 3.05) is 20.4 Å². The molecule has 5 heteroatoms. The third-order valence-corrected chi connectivity index (χ3v) is 5.28. The van der Waals surface area contributed by atoms with Crippen LogP contribution in [0.15, 0.2) is 11.6 Å². The second-order valence-corrected chi connectivity index (χ2v) is 6.95. The highest BCUT2D eigenvalue weighted by Gasteiger charge is 2.19. The quantitative estimate of drug-likeness (QED) is 0.475. The zero-order valence-electron chi connectivity index (χ0n) is 11.3. The van der Waals surface area contributed by atoms with Gasteiger partial charge in [0.25, 0.3) is 0 Å². The molecule has 0 aromatic carbocycles. The molecule has 0 unspecified atom stereocenters. The molecule has 0 aliphatic heterocycles. The first-order valence-corrected chi connectivity index (χ1v) is 8.27. The second-order valence-electron chi connectivity index (χ2n) is 4.56. The summed E-state index contributed by atoms with van der Waals surface area (Å²) in [4.78, 5) is 11.4. The van der Waals surface area contributed by atoms with Crippen molar-refractivity contribution in [3.05, 3.63) is 11.6 Å². The van der Waals surface area contributed by atoms with E-state index in [1.165, 1.54) is 14.2 Å². The van der Waals surface area contributed by atoms with Gasteiger partial charge in [-0.15, -0.1) is 0 Å². The van der Waals surface area contributed by atoms with Crippen LogP contribution in [0.25, 0.3) is 0 Å². The zero-order valence-corrected chi connectivity index (χ0v) is 12.2. The molecule has 4 nitrogen and oxygen atoms in total. The van der Waals surface area contributed by atoms with Gasteiger partial charge in [-0.2, -0.15) is 0 Å². The summed E-state index contributed by atoms with van der Waals surface area (Å²) >= 11 is 0. The van der Waals surface area contributed by atoms with Gasteiger partial charge in [-0.1, -0.05) is 18.9 Å². The lowest BCUT2D eigenvalue weighted by molar-refractivity contribution is -0.115. The van der Waals surface area contributed by atoms with Crippen molar-refractivity contribution in [2.45, 2.75) is 44.9 Å². The van der Waals surface area contributed by atoms with E-state index in [1.807, 2.05) is 0 Å². The van der Waals surface area contributed by atoms with Crippen molar-refractivity contribution in [1.29, 1.82) is 0 Å². The molecule has 0 radical (unpaired) electrons. The molecule has 0 aromatic heterocycles. The standard InChI is InChI=1S/C13H23O4P/c1-16-18(15,17-2)11-6-4-3-5-8-12-9-7-10-13(12)14/h9H,3-8,10-11H2,1-2H3. The van der Waals surface area contributed by atoms with Crippen molar-refractivity contribution >= 4 is 13.4 Å². The first kappa shape index (κ1) is 15.6. The highest BCUT2D eigenvalue weighted by molar-refractivity contribution is 7.53. The van der Waals surface area contributed by atoms with Crippen LogP contribution in [-0.4, -0.2) is 26.2 Å². The lowest BCUT2D eigenvalue weighted by Gasteiger charge is -2.12. The van der Waals surface area contributed by atoms with Crippen molar-refractivity contribution in [1.82, 2.24) is 0 Å². The van der Waals surface area contributed by atoms with Gasteiger partial charge in [0.1, 0.15) is 0 Å². The Morgan fingerprint density at radius 1 is 1.17 bits per heavy atom. The molecule has 18 heavy (non-hydrogen) atoms. The van der Waals surface area contributed by atoms with E-state index >= 15 is 0 Å². The van der Waals surface area contributed by atoms with E-state index in [-0.39, 0.29) is 0 Å². The smallest absolute Gasteiger partial charge is 0.312 e. The highest BCUT2D eigenvalue weighted by atomic mass is 31.2. The summed E-state index contributed by atoms with van der Waals surface area (Å²) in [6, 6.07) is 0. The molecule has 0 atom stereocenters. The predicted octanol–water partition coefficient (Wildman–Crippen LogP) is 3.71. The van der Waals surface area contributed by atoms with Gasteiger partial charge in [0.2, 0.25) is 0 Å². The van der Waals surface area contributed by atoms with Gasteiger partial charge in [0.15, 0.2) is 5.78 Å².